The molecule has 0 aromatic heterocycles. The largest absolute Gasteiger partial charge is 0.480 e. The smallest absolute Gasteiger partial charge is 0.240 e. The van der Waals surface area contributed by atoms with Crippen molar-refractivity contribution in [2.24, 2.45) is 5.10 Å². The highest BCUT2D eigenvalue weighted by Crippen LogP contribution is 2.22. The van der Waals surface area contributed by atoms with E-state index in [-0.39, 0.29) is 31.3 Å². The second kappa shape index (κ2) is 11.0. The van der Waals surface area contributed by atoms with E-state index in [0.717, 1.165) is 21.3 Å². The molecule has 0 atom stereocenters. The Morgan fingerprint density at radius 1 is 1.21 bits per heavy atom. The van der Waals surface area contributed by atoms with Crippen LogP contribution >= 0.6 is 15.9 Å². The maximum absolute atomic E-state index is 12.1. The monoisotopic (exact) mass is 455 g/mol. The first-order chi connectivity index (χ1) is 13.9. The third-order valence-electron chi connectivity index (χ3n) is 4.13. The van der Waals surface area contributed by atoms with E-state index in [1.807, 2.05) is 38.1 Å². The Bertz CT molecular complexity index is 964. The Hall–Kier alpha value is -3.11. The van der Waals surface area contributed by atoms with Gasteiger partial charge in [0.2, 0.25) is 11.8 Å². The molecule has 0 heterocycles. The third-order valence-corrected chi connectivity index (χ3v) is 4.63. The molecule has 29 heavy (non-hydrogen) atoms. The van der Waals surface area contributed by atoms with Crippen LogP contribution in [0.1, 0.15) is 29.5 Å². The number of nitrogens with zero attached hydrogens (tertiary/aromatic N) is 1. The second-order valence-electron chi connectivity index (χ2n) is 6.26. The van der Waals surface area contributed by atoms with Gasteiger partial charge in [-0.05, 0) is 49.2 Å². The van der Waals surface area contributed by atoms with Gasteiger partial charge in [0.15, 0.2) is 0 Å². The summed E-state index contributed by atoms with van der Waals surface area (Å²) in [6.45, 7) is 4.05. The predicted molar refractivity (Wildman–Crippen MR) is 118 cm³/mol. The topological polar surface area (TPSA) is 79.8 Å². The molecule has 2 aromatic carbocycles. The lowest BCUT2D eigenvalue weighted by Gasteiger charge is -2.10. The number of rotatable bonds is 8. The Kier molecular flexibility index (Phi) is 8.44. The molecule has 0 aliphatic carbocycles. The molecule has 0 saturated carbocycles. The summed E-state index contributed by atoms with van der Waals surface area (Å²) in [7, 11) is 0. The number of benzene rings is 2. The van der Waals surface area contributed by atoms with Crippen molar-refractivity contribution < 1.29 is 14.3 Å². The van der Waals surface area contributed by atoms with Crippen LogP contribution in [0.3, 0.4) is 0 Å². The quantitative estimate of drug-likeness (QED) is 0.359. The average molecular weight is 456 g/mol. The first kappa shape index (κ1) is 22.2. The molecule has 0 fully saturated rings. The molecule has 0 radical (unpaired) electrons. The van der Waals surface area contributed by atoms with E-state index < -0.39 is 0 Å². The zero-order valence-corrected chi connectivity index (χ0v) is 17.9. The van der Waals surface area contributed by atoms with Crippen LogP contribution in [0, 0.1) is 26.2 Å². The number of anilines is 1. The van der Waals surface area contributed by atoms with Gasteiger partial charge in [-0.25, -0.2) is 5.43 Å². The summed E-state index contributed by atoms with van der Waals surface area (Å²) in [5, 5.41) is 6.76. The SMILES string of the molecule is C#CCOc1ccc(Br)cc1C=NNC(=O)CCC(=O)Nc1cccc(C)c1C. The third kappa shape index (κ3) is 7.09. The van der Waals surface area contributed by atoms with Crippen molar-refractivity contribution in [2.45, 2.75) is 26.7 Å². The summed E-state index contributed by atoms with van der Waals surface area (Å²) in [6.07, 6.45) is 6.75. The van der Waals surface area contributed by atoms with E-state index in [9.17, 15) is 9.59 Å². The summed E-state index contributed by atoms with van der Waals surface area (Å²) in [6, 6.07) is 11.0. The Morgan fingerprint density at radius 2 is 1.97 bits per heavy atom. The van der Waals surface area contributed by atoms with Gasteiger partial charge in [0, 0.05) is 28.6 Å². The minimum absolute atomic E-state index is 0.0208. The number of nitrogens with one attached hydrogen (secondary N) is 2. The first-order valence-electron chi connectivity index (χ1n) is 8.94. The standard InChI is InChI=1S/C22H22BrN3O3/c1-4-12-29-20-9-8-18(23)13-17(20)14-24-26-22(28)11-10-21(27)25-19-7-5-6-15(2)16(19)3/h1,5-9,13-14H,10-12H2,2-3H3,(H,25,27)(H,26,28). The Labute approximate surface area is 178 Å². The van der Waals surface area contributed by atoms with Crippen molar-refractivity contribution in [2.75, 3.05) is 11.9 Å². The number of hydrogen-bond acceptors (Lipinski definition) is 4. The molecule has 2 N–H and O–H groups in total. The molecule has 0 bridgehead atoms. The van der Waals surface area contributed by atoms with Gasteiger partial charge in [0.05, 0.1) is 6.21 Å². The summed E-state index contributed by atoms with van der Waals surface area (Å²) >= 11 is 3.37. The zero-order chi connectivity index (χ0) is 21.2. The van der Waals surface area contributed by atoms with E-state index in [2.05, 4.69) is 37.7 Å². The minimum Gasteiger partial charge on any atom is -0.480 e. The Morgan fingerprint density at radius 3 is 2.72 bits per heavy atom. The van der Waals surface area contributed by atoms with E-state index in [1.54, 1.807) is 12.1 Å². The van der Waals surface area contributed by atoms with Gasteiger partial charge in [-0.3, -0.25) is 9.59 Å². The highest BCUT2D eigenvalue weighted by molar-refractivity contribution is 9.10. The number of halogens is 1. The summed E-state index contributed by atoms with van der Waals surface area (Å²) in [4.78, 5) is 24.1. The van der Waals surface area contributed by atoms with Crippen LogP contribution in [0.5, 0.6) is 5.75 Å². The number of ether oxygens (including phenoxy) is 1. The van der Waals surface area contributed by atoms with E-state index in [1.165, 1.54) is 6.21 Å². The zero-order valence-electron chi connectivity index (χ0n) is 16.3. The lowest BCUT2D eigenvalue weighted by Crippen LogP contribution is -2.21. The number of aryl methyl sites for hydroxylation is 1. The highest BCUT2D eigenvalue weighted by atomic mass is 79.9. The van der Waals surface area contributed by atoms with Gasteiger partial charge < -0.3 is 10.1 Å². The minimum atomic E-state index is -0.363. The van der Waals surface area contributed by atoms with Crippen molar-refractivity contribution in [3.05, 3.63) is 57.6 Å². The molecule has 2 amide bonds. The maximum atomic E-state index is 12.1. The van der Waals surface area contributed by atoms with Gasteiger partial charge in [-0.15, -0.1) is 6.42 Å². The fourth-order valence-electron chi connectivity index (χ4n) is 2.43. The van der Waals surface area contributed by atoms with Crippen LogP contribution < -0.4 is 15.5 Å². The van der Waals surface area contributed by atoms with Gasteiger partial charge in [0.1, 0.15) is 12.4 Å². The molecule has 2 aromatic rings. The molecular formula is C22H22BrN3O3. The van der Waals surface area contributed by atoms with Crippen molar-refractivity contribution >= 4 is 39.6 Å². The van der Waals surface area contributed by atoms with Crippen molar-refractivity contribution in [1.29, 1.82) is 0 Å². The van der Waals surface area contributed by atoms with E-state index in [0.29, 0.717) is 11.3 Å². The molecular weight excluding hydrogens is 434 g/mol. The summed E-state index contributed by atoms with van der Waals surface area (Å²) < 4.78 is 6.27. The highest BCUT2D eigenvalue weighted by Gasteiger charge is 2.09. The summed E-state index contributed by atoms with van der Waals surface area (Å²) in [5.74, 6) is 2.36. The van der Waals surface area contributed by atoms with Crippen molar-refractivity contribution in [1.82, 2.24) is 5.43 Å². The molecule has 7 heteroatoms. The van der Waals surface area contributed by atoms with Gasteiger partial charge in [-0.2, -0.15) is 5.10 Å². The van der Waals surface area contributed by atoms with Crippen molar-refractivity contribution in [3.63, 3.8) is 0 Å². The van der Waals surface area contributed by atoms with Gasteiger partial charge >= 0.3 is 0 Å². The van der Waals surface area contributed by atoms with E-state index >= 15 is 0 Å². The summed E-state index contributed by atoms with van der Waals surface area (Å²) in [5.41, 5.74) is 5.92. The number of carbonyl (C=O) groups is 2. The molecule has 0 aliphatic rings. The second-order valence-corrected chi connectivity index (χ2v) is 7.18. The fraction of sp³-hybridized carbons (Fsp3) is 0.227. The number of hydrazone groups is 1. The maximum Gasteiger partial charge on any atom is 0.240 e. The van der Waals surface area contributed by atoms with Crippen LogP contribution in [0.4, 0.5) is 5.69 Å². The molecule has 0 saturated heterocycles. The van der Waals surface area contributed by atoms with E-state index in [4.69, 9.17) is 11.2 Å². The lowest BCUT2D eigenvalue weighted by atomic mass is 10.1. The Balaban J connectivity index is 1.85. The molecule has 0 spiro atoms. The lowest BCUT2D eigenvalue weighted by molar-refractivity contribution is -0.124. The van der Waals surface area contributed by atoms with Crippen LogP contribution in [0.25, 0.3) is 0 Å². The predicted octanol–water partition coefficient (Wildman–Crippen LogP) is 3.95. The van der Waals surface area contributed by atoms with Crippen LogP contribution in [-0.4, -0.2) is 24.6 Å². The fourth-order valence-corrected chi connectivity index (χ4v) is 2.81. The molecule has 0 unspecified atom stereocenters. The molecule has 2 rings (SSSR count). The number of carbonyl (C=O) groups excluding carboxylic acids is 2. The van der Waals surface area contributed by atoms with Gasteiger partial charge in [-0.1, -0.05) is 34.0 Å². The normalized spacial score (nSPS) is 10.4. The molecule has 0 aliphatic heterocycles. The van der Waals surface area contributed by atoms with Crippen molar-refractivity contribution in [3.8, 4) is 18.1 Å². The van der Waals surface area contributed by atoms with Crippen LogP contribution in [0.15, 0.2) is 46.0 Å². The number of terminal acetylenes is 1. The molecule has 6 nitrogen and oxygen atoms in total. The van der Waals surface area contributed by atoms with Crippen LogP contribution in [-0.2, 0) is 9.59 Å². The average Bonchev–Trinajstić information content (AvgIpc) is 2.69. The van der Waals surface area contributed by atoms with Crippen LogP contribution in [0.2, 0.25) is 0 Å². The number of amides is 2. The van der Waals surface area contributed by atoms with Gasteiger partial charge in [0.25, 0.3) is 0 Å². The number of hydrogen-bond donors (Lipinski definition) is 2. The molecule has 150 valence electrons. The first-order valence-corrected chi connectivity index (χ1v) is 9.73.